The molecule has 0 aliphatic heterocycles. The van der Waals surface area contributed by atoms with E-state index in [1.54, 1.807) is 32.2 Å². The first kappa shape index (κ1) is 20.1. The number of hydrogen-bond acceptors (Lipinski definition) is 6. The van der Waals surface area contributed by atoms with E-state index in [0.29, 0.717) is 23.1 Å². The van der Waals surface area contributed by atoms with E-state index in [2.05, 4.69) is 20.6 Å². The highest BCUT2D eigenvalue weighted by Gasteiger charge is 2.13. The Labute approximate surface area is 170 Å². The summed E-state index contributed by atoms with van der Waals surface area (Å²) in [6.07, 6.45) is 0.114. The number of carbonyl (C=O) groups excluding carboxylic acids is 1. The summed E-state index contributed by atoms with van der Waals surface area (Å²) in [7, 11) is 1.55. The maximum Gasteiger partial charge on any atom is 0.274 e. The summed E-state index contributed by atoms with van der Waals surface area (Å²) in [5.74, 6) is 2.04. The van der Waals surface area contributed by atoms with Gasteiger partial charge in [0.25, 0.3) is 5.91 Å². The zero-order valence-corrected chi connectivity index (χ0v) is 16.9. The molecule has 2 N–H and O–H groups in total. The fraction of sp³-hybridized carbons (Fsp3) is 0.227. The Hall–Kier alpha value is -3.61. The van der Waals surface area contributed by atoms with E-state index < -0.39 is 0 Å². The molecule has 7 heteroatoms. The van der Waals surface area contributed by atoms with Crippen LogP contribution in [0.1, 0.15) is 30.2 Å². The minimum atomic E-state index is -0.344. The third-order valence-corrected chi connectivity index (χ3v) is 3.92. The van der Waals surface area contributed by atoms with Crippen molar-refractivity contribution in [3.05, 3.63) is 66.1 Å². The molecular weight excluding hydrogens is 368 g/mol. The number of methoxy groups -OCH3 is 1. The fourth-order valence-electron chi connectivity index (χ4n) is 2.72. The van der Waals surface area contributed by atoms with Gasteiger partial charge in [-0.05, 0) is 57.2 Å². The second kappa shape index (κ2) is 9.05. The number of nitrogens with zero attached hydrogens (tertiary/aromatic N) is 2. The first-order valence-corrected chi connectivity index (χ1v) is 9.28. The highest BCUT2D eigenvalue weighted by molar-refractivity contribution is 6.04. The van der Waals surface area contributed by atoms with E-state index in [4.69, 9.17) is 9.47 Å². The number of carbonyl (C=O) groups is 1. The van der Waals surface area contributed by atoms with Crippen LogP contribution < -0.4 is 20.1 Å². The number of anilines is 3. The number of rotatable bonds is 7. The topological polar surface area (TPSA) is 85.4 Å². The number of nitrogens with one attached hydrogen (secondary N) is 2. The summed E-state index contributed by atoms with van der Waals surface area (Å²) in [4.78, 5) is 21.3. The van der Waals surface area contributed by atoms with Crippen LogP contribution in [-0.4, -0.2) is 29.1 Å². The zero-order valence-electron chi connectivity index (χ0n) is 16.9. The Morgan fingerprint density at radius 2 is 1.76 bits per heavy atom. The summed E-state index contributed by atoms with van der Waals surface area (Å²) in [6.45, 7) is 5.70. The molecule has 0 bridgehead atoms. The molecule has 3 rings (SSSR count). The van der Waals surface area contributed by atoms with Gasteiger partial charge in [0.2, 0.25) is 0 Å². The predicted molar refractivity (Wildman–Crippen MR) is 113 cm³/mol. The van der Waals surface area contributed by atoms with Crippen molar-refractivity contribution in [2.45, 2.75) is 26.9 Å². The monoisotopic (exact) mass is 392 g/mol. The summed E-state index contributed by atoms with van der Waals surface area (Å²) in [5.41, 5.74) is 1.66. The van der Waals surface area contributed by atoms with Gasteiger partial charge in [0.15, 0.2) is 0 Å². The SMILES string of the molecule is COc1ccccc1NC(=O)c1cc(Nc2ccc(OC(C)C)cc2)nc(C)n1. The fourth-order valence-corrected chi connectivity index (χ4v) is 2.72. The van der Waals surface area contributed by atoms with Crippen molar-refractivity contribution in [3.8, 4) is 11.5 Å². The largest absolute Gasteiger partial charge is 0.495 e. The first-order chi connectivity index (χ1) is 13.9. The van der Waals surface area contributed by atoms with E-state index >= 15 is 0 Å². The molecule has 1 aromatic heterocycles. The van der Waals surface area contributed by atoms with Crippen LogP contribution in [0, 0.1) is 6.92 Å². The molecule has 1 amide bonds. The normalized spacial score (nSPS) is 10.5. The summed E-state index contributed by atoms with van der Waals surface area (Å²) >= 11 is 0. The van der Waals surface area contributed by atoms with Crippen LogP contribution in [0.4, 0.5) is 17.2 Å². The van der Waals surface area contributed by atoms with Crippen molar-refractivity contribution in [1.82, 2.24) is 9.97 Å². The lowest BCUT2D eigenvalue weighted by Crippen LogP contribution is -2.16. The number of ether oxygens (including phenoxy) is 2. The number of para-hydroxylation sites is 2. The van der Waals surface area contributed by atoms with Crippen LogP contribution >= 0.6 is 0 Å². The molecule has 0 unspecified atom stereocenters. The number of aryl methyl sites for hydroxylation is 1. The lowest BCUT2D eigenvalue weighted by molar-refractivity contribution is 0.102. The van der Waals surface area contributed by atoms with Crippen molar-refractivity contribution in [3.63, 3.8) is 0 Å². The third kappa shape index (κ3) is 5.44. The number of benzene rings is 2. The van der Waals surface area contributed by atoms with Gasteiger partial charge >= 0.3 is 0 Å². The first-order valence-electron chi connectivity index (χ1n) is 9.28. The zero-order chi connectivity index (χ0) is 20.8. The van der Waals surface area contributed by atoms with Crippen LogP contribution in [0.3, 0.4) is 0 Å². The van der Waals surface area contributed by atoms with E-state index in [-0.39, 0.29) is 17.7 Å². The van der Waals surface area contributed by atoms with Gasteiger partial charge in [-0.1, -0.05) is 12.1 Å². The molecule has 150 valence electrons. The quantitative estimate of drug-likeness (QED) is 0.612. The van der Waals surface area contributed by atoms with Gasteiger partial charge in [-0.15, -0.1) is 0 Å². The van der Waals surface area contributed by atoms with Crippen LogP contribution in [0.25, 0.3) is 0 Å². The third-order valence-electron chi connectivity index (χ3n) is 3.92. The van der Waals surface area contributed by atoms with Crippen molar-refractivity contribution in [1.29, 1.82) is 0 Å². The lowest BCUT2D eigenvalue weighted by atomic mass is 10.2. The van der Waals surface area contributed by atoms with Gasteiger partial charge < -0.3 is 20.1 Å². The molecule has 0 atom stereocenters. The second-order valence-electron chi connectivity index (χ2n) is 6.66. The van der Waals surface area contributed by atoms with Gasteiger partial charge in [-0.2, -0.15) is 0 Å². The van der Waals surface area contributed by atoms with E-state index in [9.17, 15) is 4.79 Å². The Kier molecular flexibility index (Phi) is 6.29. The standard InChI is InChI=1S/C22H24N4O3/c1-14(2)29-17-11-9-16(10-12-17)25-21-13-19(23-15(3)24-21)22(27)26-18-7-5-6-8-20(18)28-4/h5-14H,1-4H3,(H,26,27)(H,23,24,25). The van der Waals surface area contributed by atoms with E-state index in [0.717, 1.165) is 11.4 Å². The molecule has 7 nitrogen and oxygen atoms in total. The summed E-state index contributed by atoms with van der Waals surface area (Å²) in [5, 5.41) is 6.02. The van der Waals surface area contributed by atoms with Gasteiger partial charge in [0, 0.05) is 11.8 Å². The molecule has 0 aliphatic carbocycles. The predicted octanol–water partition coefficient (Wildman–Crippen LogP) is 4.58. The van der Waals surface area contributed by atoms with Crippen LogP contribution in [0.5, 0.6) is 11.5 Å². The van der Waals surface area contributed by atoms with Crippen LogP contribution in [0.15, 0.2) is 54.6 Å². The molecule has 0 fully saturated rings. The molecule has 3 aromatic rings. The van der Waals surface area contributed by atoms with Crippen molar-refractivity contribution < 1.29 is 14.3 Å². The van der Waals surface area contributed by atoms with Gasteiger partial charge in [-0.3, -0.25) is 4.79 Å². The molecule has 0 spiro atoms. The Bertz CT molecular complexity index is 988. The number of amides is 1. The van der Waals surface area contributed by atoms with Crippen molar-refractivity contribution >= 4 is 23.1 Å². The molecular formula is C22H24N4O3. The highest BCUT2D eigenvalue weighted by atomic mass is 16.5. The molecule has 0 radical (unpaired) electrons. The van der Waals surface area contributed by atoms with Crippen molar-refractivity contribution in [2.24, 2.45) is 0 Å². The van der Waals surface area contributed by atoms with Gasteiger partial charge in [-0.25, -0.2) is 9.97 Å². The molecule has 1 heterocycles. The lowest BCUT2D eigenvalue weighted by Gasteiger charge is -2.12. The van der Waals surface area contributed by atoms with Crippen LogP contribution in [0.2, 0.25) is 0 Å². The molecule has 0 aliphatic rings. The molecule has 29 heavy (non-hydrogen) atoms. The summed E-state index contributed by atoms with van der Waals surface area (Å²) in [6, 6.07) is 16.4. The smallest absolute Gasteiger partial charge is 0.274 e. The van der Waals surface area contributed by atoms with E-state index in [1.807, 2.05) is 50.2 Å². The van der Waals surface area contributed by atoms with Crippen molar-refractivity contribution in [2.75, 3.05) is 17.7 Å². The Morgan fingerprint density at radius 1 is 1.03 bits per heavy atom. The van der Waals surface area contributed by atoms with E-state index in [1.165, 1.54) is 0 Å². The highest BCUT2D eigenvalue weighted by Crippen LogP contribution is 2.24. The van der Waals surface area contributed by atoms with Gasteiger partial charge in [0.1, 0.15) is 28.8 Å². The summed E-state index contributed by atoms with van der Waals surface area (Å²) < 4.78 is 10.9. The minimum absolute atomic E-state index is 0.114. The molecule has 0 saturated heterocycles. The maximum atomic E-state index is 12.7. The Morgan fingerprint density at radius 3 is 2.45 bits per heavy atom. The minimum Gasteiger partial charge on any atom is -0.495 e. The Balaban J connectivity index is 1.76. The second-order valence-corrected chi connectivity index (χ2v) is 6.66. The molecule has 2 aromatic carbocycles. The van der Waals surface area contributed by atoms with Gasteiger partial charge in [0.05, 0.1) is 18.9 Å². The maximum absolute atomic E-state index is 12.7. The average Bonchev–Trinajstić information content (AvgIpc) is 2.69. The number of hydrogen-bond donors (Lipinski definition) is 2. The molecule has 0 saturated carbocycles. The number of aromatic nitrogens is 2. The van der Waals surface area contributed by atoms with Crippen LogP contribution in [-0.2, 0) is 0 Å². The average molecular weight is 392 g/mol.